The van der Waals surface area contributed by atoms with Gasteiger partial charge in [-0.1, -0.05) is 12.1 Å². The van der Waals surface area contributed by atoms with Crippen LogP contribution >= 0.6 is 0 Å². The second-order valence-electron chi connectivity index (χ2n) is 4.73. The number of halogens is 3. The molecule has 3 nitrogen and oxygen atoms in total. The smallest absolute Gasteiger partial charge is 0.406 e. The number of ether oxygens (including phenoxy) is 2. The second-order valence-corrected chi connectivity index (χ2v) is 4.73. The average Bonchev–Trinajstić information content (AvgIpc) is 3.17. The minimum atomic E-state index is -4.18. The molecule has 112 valence electrons. The summed E-state index contributed by atoms with van der Waals surface area (Å²) < 4.78 is 48.9. The highest BCUT2D eigenvalue weighted by molar-refractivity contribution is 5.39. The van der Waals surface area contributed by atoms with Crippen molar-refractivity contribution in [1.29, 1.82) is 0 Å². The van der Waals surface area contributed by atoms with E-state index in [1.165, 1.54) is 0 Å². The van der Waals surface area contributed by atoms with Gasteiger partial charge in [-0.3, -0.25) is 0 Å². The van der Waals surface area contributed by atoms with Crippen LogP contribution in [0.1, 0.15) is 19.8 Å². The number of para-hydroxylation sites is 2. The van der Waals surface area contributed by atoms with E-state index in [0.717, 1.165) is 0 Å². The standard InChI is InChI=1S/C14H18F3NO2/c1-2-19-11-5-3-4-6-12(11)20-10-9-18-13(7-8-13)14(15,16)17/h3-6,18H,2,7-10H2,1H3. The van der Waals surface area contributed by atoms with Gasteiger partial charge in [0.25, 0.3) is 0 Å². The molecule has 0 radical (unpaired) electrons. The van der Waals surface area contributed by atoms with E-state index >= 15 is 0 Å². The van der Waals surface area contributed by atoms with Gasteiger partial charge in [0.2, 0.25) is 0 Å². The first-order valence-electron chi connectivity index (χ1n) is 6.65. The molecular formula is C14H18F3NO2. The third-order valence-electron chi connectivity index (χ3n) is 3.26. The van der Waals surface area contributed by atoms with E-state index in [-0.39, 0.29) is 26.0 Å². The fraction of sp³-hybridized carbons (Fsp3) is 0.571. The zero-order chi connectivity index (χ0) is 14.6. The summed E-state index contributed by atoms with van der Waals surface area (Å²) >= 11 is 0. The Morgan fingerprint density at radius 1 is 1.15 bits per heavy atom. The van der Waals surface area contributed by atoms with Crippen molar-refractivity contribution in [3.8, 4) is 11.5 Å². The molecule has 1 fully saturated rings. The molecule has 0 aliphatic heterocycles. The molecule has 0 aromatic heterocycles. The summed E-state index contributed by atoms with van der Waals surface area (Å²) in [4.78, 5) is 0. The molecule has 1 aromatic rings. The van der Waals surface area contributed by atoms with Crippen LogP contribution in [0.25, 0.3) is 0 Å². The largest absolute Gasteiger partial charge is 0.490 e. The maximum atomic E-state index is 12.7. The summed E-state index contributed by atoms with van der Waals surface area (Å²) in [5.74, 6) is 1.15. The van der Waals surface area contributed by atoms with Crippen molar-refractivity contribution in [2.45, 2.75) is 31.5 Å². The van der Waals surface area contributed by atoms with Gasteiger partial charge >= 0.3 is 6.18 Å². The molecule has 0 atom stereocenters. The Kier molecular flexibility index (Phi) is 4.42. The van der Waals surface area contributed by atoms with E-state index in [1.807, 2.05) is 13.0 Å². The molecule has 0 saturated heterocycles. The van der Waals surface area contributed by atoms with Crippen LogP contribution in [0, 0.1) is 0 Å². The van der Waals surface area contributed by atoms with Crippen LogP contribution in [-0.2, 0) is 0 Å². The van der Waals surface area contributed by atoms with Crippen molar-refractivity contribution < 1.29 is 22.6 Å². The van der Waals surface area contributed by atoms with Crippen molar-refractivity contribution in [3.05, 3.63) is 24.3 Å². The third kappa shape index (κ3) is 3.36. The lowest BCUT2D eigenvalue weighted by atomic mass is 10.2. The monoisotopic (exact) mass is 289 g/mol. The number of hydrogen-bond donors (Lipinski definition) is 1. The average molecular weight is 289 g/mol. The highest BCUT2D eigenvalue weighted by Crippen LogP contribution is 2.48. The molecule has 1 aliphatic carbocycles. The lowest BCUT2D eigenvalue weighted by molar-refractivity contribution is -0.165. The highest BCUT2D eigenvalue weighted by atomic mass is 19.4. The van der Waals surface area contributed by atoms with Crippen molar-refractivity contribution in [2.75, 3.05) is 19.8 Å². The molecule has 1 N–H and O–H groups in total. The molecule has 0 heterocycles. The SMILES string of the molecule is CCOc1ccccc1OCCNC1(C(F)(F)F)CC1. The topological polar surface area (TPSA) is 30.5 Å². The number of alkyl halides is 3. The molecule has 6 heteroatoms. The Bertz CT molecular complexity index is 444. The van der Waals surface area contributed by atoms with Crippen LogP contribution in [0.15, 0.2) is 24.3 Å². The summed E-state index contributed by atoms with van der Waals surface area (Å²) in [7, 11) is 0. The van der Waals surface area contributed by atoms with Crippen LogP contribution < -0.4 is 14.8 Å². The van der Waals surface area contributed by atoms with Gasteiger partial charge in [-0.05, 0) is 31.9 Å². The fourth-order valence-electron chi connectivity index (χ4n) is 1.98. The van der Waals surface area contributed by atoms with Crippen LogP contribution in [0.5, 0.6) is 11.5 Å². The van der Waals surface area contributed by atoms with Crippen molar-refractivity contribution >= 4 is 0 Å². The molecular weight excluding hydrogens is 271 g/mol. The van der Waals surface area contributed by atoms with Gasteiger partial charge < -0.3 is 14.8 Å². The van der Waals surface area contributed by atoms with E-state index < -0.39 is 11.7 Å². The lowest BCUT2D eigenvalue weighted by Gasteiger charge is -2.21. The van der Waals surface area contributed by atoms with Gasteiger partial charge in [-0.2, -0.15) is 13.2 Å². The third-order valence-corrected chi connectivity index (χ3v) is 3.26. The normalized spacial score (nSPS) is 16.8. The predicted octanol–water partition coefficient (Wildman–Crippen LogP) is 3.15. The Morgan fingerprint density at radius 3 is 2.25 bits per heavy atom. The Hall–Kier alpha value is -1.43. The first-order valence-corrected chi connectivity index (χ1v) is 6.65. The molecule has 1 aliphatic rings. The second kappa shape index (κ2) is 5.91. The van der Waals surface area contributed by atoms with Crippen LogP contribution in [0.3, 0.4) is 0 Å². The van der Waals surface area contributed by atoms with Crippen molar-refractivity contribution in [2.24, 2.45) is 0 Å². The maximum Gasteiger partial charge on any atom is 0.406 e. The number of rotatable bonds is 7. The van der Waals surface area contributed by atoms with Gasteiger partial charge in [-0.25, -0.2) is 0 Å². The molecule has 0 spiro atoms. The van der Waals surface area contributed by atoms with E-state index in [1.54, 1.807) is 18.2 Å². The highest BCUT2D eigenvalue weighted by Gasteiger charge is 2.62. The summed E-state index contributed by atoms with van der Waals surface area (Å²) in [6.07, 6.45) is -3.89. The molecule has 1 aromatic carbocycles. The fourth-order valence-corrected chi connectivity index (χ4v) is 1.98. The molecule has 2 rings (SSSR count). The van der Waals surface area contributed by atoms with Crippen molar-refractivity contribution in [1.82, 2.24) is 5.32 Å². The summed E-state index contributed by atoms with van der Waals surface area (Å²) in [5, 5.41) is 2.54. The zero-order valence-electron chi connectivity index (χ0n) is 11.3. The number of nitrogens with one attached hydrogen (secondary N) is 1. The van der Waals surface area contributed by atoms with Gasteiger partial charge in [0.05, 0.1) is 6.61 Å². The molecule has 0 amide bonds. The predicted molar refractivity (Wildman–Crippen MR) is 69.1 cm³/mol. The maximum absolute atomic E-state index is 12.7. The van der Waals surface area contributed by atoms with E-state index in [2.05, 4.69) is 5.32 Å². The van der Waals surface area contributed by atoms with Gasteiger partial charge in [0, 0.05) is 6.54 Å². The molecule has 0 bridgehead atoms. The van der Waals surface area contributed by atoms with E-state index in [4.69, 9.17) is 9.47 Å². The van der Waals surface area contributed by atoms with Crippen LogP contribution in [-0.4, -0.2) is 31.5 Å². The minimum Gasteiger partial charge on any atom is -0.490 e. The lowest BCUT2D eigenvalue weighted by Crippen LogP contribution is -2.46. The summed E-state index contributed by atoms with van der Waals surface area (Å²) in [6.45, 7) is 2.69. The molecule has 0 unspecified atom stereocenters. The Labute approximate surface area is 116 Å². The quantitative estimate of drug-likeness (QED) is 0.782. The first kappa shape index (κ1) is 15.0. The Balaban J connectivity index is 1.79. The summed E-state index contributed by atoms with van der Waals surface area (Å²) in [6, 6.07) is 7.12. The van der Waals surface area contributed by atoms with E-state index in [9.17, 15) is 13.2 Å². The van der Waals surface area contributed by atoms with Gasteiger partial charge in [-0.15, -0.1) is 0 Å². The van der Waals surface area contributed by atoms with Gasteiger partial charge in [0.1, 0.15) is 12.1 Å². The number of benzene rings is 1. The Morgan fingerprint density at radius 2 is 1.75 bits per heavy atom. The van der Waals surface area contributed by atoms with Crippen LogP contribution in [0.2, 0.25) is 0 Å². The zero-order valence-corrected chi connectivity index (χ0v) is 11.3. The first-order chi connectivity index (χ1) is 9.48. The molecule has 1 saturated carbocycles. The van der Waals surface area contributed by atoms with Crippen molar-refractivity contribution in [3.63, 3.8) is 0 Å². The van der Waals surface area contributed by atoms with Crippen LogP contribution in [0.4, 0.5) is 13.2 Å². The number of hydrogen-bond acceptors (Lipinski definition) is 3. The van der Waals surface area contributed by atoms with E-state index in [0.29, 0.717) is 18.1 Å². The van der Waals surface area contributed by atoms with Gasteiger partial charge in [0.15, 0.2) is 11.5 Å². The molecule has 20 heavy (non-hydrogen) atoms. The summed E-state index contributed by atoms with van der Waals surface area (Å²) in [5.41, 5.74) is -1.68. The minimum absolute atomic E-state index is 0.145.